The van der Waals surface area contributed by atoms with Crippen LogP contribution in [-0.4, -0.2) is 6.04 Å². The molecule has 0 saturated heterocycles. The van der Waals surface area contributed by atoms with Crippen LogP contribution in [0.3, 0.4) is 0 Å². The monoisotopic (exact) mass is 215 g/mol. The van der Waals surface area contributed by atoms with Crippen molar-refractivity contribution < 1.29 is 13.2 Å². The van der Waals surface area contributed by atoms with E-state index in [2.05, 4.69) is 12.2 Å². The molecule has 1 aliphatic carbocycles. The van der Waals surface area contributed by atoms with Crippen molar-refractivity contribution in [3.8, 4) is 0 Å². The minimum atomic E-state index is -4.24. The van der Waals surface area contributed by atoms with Gasteiger partial charge >= 0.3 is 6.18 Å². The Balaban J connectivity index is 2.04. The van der Waals surface area contributed by atoms with Gasteiger partial charge in [-0.15, -0.1) is 0 Å². The van der Waals surface area contributed by atoms with Gasteiger partial charge in [-0.25, -0.2) is 0 Å². The molecular weight excluding hydrogens is 203 g/mol. The second-order valence-electron chi connectivity index (χ2n) is 4.04. The van der Waals surface area contributed by atoms with Crippen LogP contribution in [-0.2, 0) is 6.18 Å². The van der Waals surface area contributed by atoms with Gasteiger partial charge in [0.25, 0.3) is 0 Å². The zero-order valence-electron chi connectivity index (χ0n) is 8.31. The Labute approximate surface area is 86.3 Å². The molecule has 82 valence electrons. The molecule has 1 fully saturated rings. The second kappa shape index (κ2) is 3.43. The molecule has 1 saturated carbocycles. The van der Waals surface area contributed by atoms with E-state index in [1.807, 2.05) is 0 Å². The van der Waals surface area contributed by atoms with E-state index in [1.165, 1.54) is 12.1 Å². The van der Waals surface area contributed by atoms with Gasteiger partial charge in [-0.3, -0.25) is 0 Å². The third-order valence-corrected chi connectivity index (χ3v) is 2.67. The number of rotatable bonds is 2. The lowest BCUT2D eigenvalue weighted by Gasteiger charge is -2.08. The summed E-state index contributed by atoms with van der Waals surface area (Å²) in [7, 11) is 0. The highest BCUT2D eigenvalue weighted by Crippen LogP contribution is 2.34. The fraction of sp³-hybridized carbons (Fsp3) is 0.455. The Bertz CT molecular complexity index is 342. The molecule has 0 aromatic heterocycles. The predicted molar refractivity (Wildman–Crippen MR) is 52.6 cm³/mol. The van der Waals surface area contributed by atoms with Crippen LogP contribution in [0.5, 0.6) is 0 Å². The normalized spacial score (nSPS) is 25.1. The SMILES string of the molecule is CC1CC1Nc1ccc(C(F)(F)F)cc1. The summed E-state index contributed by atoms with van der Waals surface area (Å²) in [5, 5.41) is 3.18. The van der Waals surface area contributed by atoms with E-state index in [0.29, 0.717) is 12.0 Å². The Kier molecular flexibility index (Phi) is 2.37. The number of alkyl halides is 3. The standard InChI is InChI=1S/C11H12F3N/c1-7-6-10(7)15-9-4-2-8(3-5-9)11(12,13)14/h2-5,7,10,15H,6H2,1H3. The molecular formula is C11H12F3N. The molecule has 2 unspecified atom stereocenters. The van der Waals surface area contributed by atoms with Crippen molar-refractivity contribution in [3.63, 3.8) is 0 Å². The van der Waals surface area contributed by atoms with Crippen molar-refractivity contribution in [1.29, 1.82) is 0 Å². The van der Waals surface area contributed by atoms with E-state index in [-0.39, 0.29) is 0 Å². The number of hydrogen-bond donors (Lipinski definition) is 1. The maximum absolute atomic E-state index is 12.2. The van der Waals surface area contributed by atoms with Crippen LogP contribution in [0.4, 0.5) is 18.9 Å². The Hall–Kier alpha value is -1.19. The van der Waals surface area contributed by atoms with Gasteiger partial charge in [0.15, 0.2) is 0 Å². The number of nitrogens with one attached hydrogen (secondary N) is 1. The molecule has 0 amide bonds. The van der Waals surface area contributed by atoms with Gasteiger partial charge in [-0.1, -0.05) is 6.92 Å². The maximum atomic E-state index is 12.2. The number of halogens is 3. The fourth-order valence-electron chi connectivity index (χ4n) is 1.49. The molecule has 1 N–H and O–H groups in total. The Morgan fingerprint density at radius 1 is 1.20 bits per heavy atom. The molecule has 0 aliphatic heterocycles. The average molecular weight is 215 g/mol. The maximum Gasteiger partial charge on any atom is 0.416 e. The lowest BCUT2D eigenvalue weighted by atomic mass is 10.2. The summed E-state index contributed by atoms with van der Waals surface area (Å²) in [5.41, 5.74) is 0.161. The largest absolute Gasteiger partial charge is 0.416 e. The van der Waals surface area contributed by atoms with Crippen molar-refractivity contribution in [2.75, 3.05) is 5.32 Å². The summed E-state index contributed by atoms with van der Waals surface area (Å²) >= 11 is 0. The van der Waals surface area contributed by atoms with Gasteiger partial charge in [-0.05, 0) is 36.6 Å². The summed E-state index contributed by atoms with van der Waals surface area (Å²) < 4.78 is 36.7. The first kappa shape index (κ1) is 10.3. The lowest BCUT2D eigenvalue weighted by molar-refractivity contribution is -0.137. The van der Waals surface area contributed by atoms with Crippen LogP contribution in [0.15, 0.2) is 24.3 Å². The highest BCUT2D eigenvalue weighted by Gasteiger charge is 2.33. The first-order valence-corrected chi connectivity index (χ1v) is 4.90. The second-order valence-corrected chi connectivity index (χ2v) is 4.04. The van der Waals surface area contributed by atoms with Crippen molar-refractivity contribution in [2.24, 2.45) is 5.92 Å². The summed E-state index contributed by atoms with van der Waals surface area (Å²) in [6.07, 6.45) is -3.15. The van der Waals surface area contributed by atoms with Crippen molar-refractivity contribution >= 4 is 5.69 Å². The molecule has 1 aromatic rings. The van der Waals surface area contributed by atoms with Gasteiger partial charge in [0, 0.05) is 11.7 Å². The van der Waals surface area contributed by atoms with Crippen LogP contribution >= 0.6 is 0 Å². The first-order chi connectivity index (χ1) is 6.97. The molecule has 1 nitrogen and oxygen atoms in total. The Morgan fingerprint density at radius 2 is 1.73 bits per heavy atom. The third-order valence-electron chi connectivity index (χ3n) is 2.67. The first-order valence-electron chi connectivity index (χ1n) is 4.90. The highest BCUT2D eigenvalue weighted by atomic mass is 19.4. The molecule has 4 heteroatoms. The molecule has 0 heterocycles. The summed E-state index contributed by atoms with van der Waals surface area (Å²) in [6, 6.07) is 5.61. The molecule has 1 aliphatic rings. The van der Waals surface area contributed by atoms with Crippen molar-refractivity contribution in [2.45, 2.75) is 25.6 Å². The Morgan fingerprint density at radius 3 is 2.13 bits per heavy atom. The number of hydrogen-bond acceptors (Lipinski definition) is 1. The van der Waals surface area contributed by atoms with E-state index in [9.17, 15) is 13.2 Å². The van der Waals surface area contributed by atoms with E-state index in [1.54, 1.807) is 0 Å². The minimum Gasteiger partial charge on any atom is -0.382 e. The molecule has 2 atom stereocenters. The predicted octanol–water partition coefficient (Wildman–Crippen LogP) is 3.53. The number of anilines is 1. The van der Waals surface area contributed by atoms with Crippen LogP contribution in [0.25, 0.3) is 0 Å². The van der Waals surface area contributed by atoms with Crippen molar-refractivity contribution in [3.05, 3.63) is 29.8 Å². The summed E-state index contributed by atoms with van der Waals surface area (Å²) in [5.74, 6) is 0.632. The average Bonchev–Trinajstić information content (AvgIpc) is 2.81. The third kappa shape index (κ3) is 2.43. The molecule has 2 rings (SSSR count). The zero-order chi connectivity index (χ0) is 11.1. The van der Waals surface area contributed by atoms with Crippen LogP contribution < -0.4 is 5.32 Å². The van der Waals surface area contributed by atoms with Gasteiger partial charge in [0.2, 0.25) is 0 Å². The summed E-state index contributed by atoms with van der Waals surface area (Å²) in [6.45, 7) is 2.11. The number of benzene rings is 1. The van der Waals surface area contributed by atoms with Crippen LogP contribution in [0.2, 0.25) is 0 Å². The van der Waals surface area contributed by atoms with Crippen LogP contribution in [0, 0.1) is 5.92 Å². The van der Waals surface area contributed by atoms with E-state index < -0.39 is 11.7 Å². The lowest BCUT2D eigenvalue weighted by Crippen LogP contribution is -2.06. The molecule has 0 radical (unpaired) electrons. The molecule has 1 aromatic carbocycles. The molecule has 15 heavy (non-hydrogen) atoms. The van der Waals surface area contributed by atoms with Gasteiger partial charge in [-0.2, -0.15) is 13.2 Å². The van der Waals surface area contributed by atoms with E-state index in [0.717, 1.165) is 24.2 Å². The van der Waals surface area contributed by atoms with Gasteiger partial charge in [0.05, 0.1) is 5.56 Å². The van der Waals surface area contributed by atoms with Gasteiger partial charge in [0.1, 0.15) is 0 Å². The quantitative estimate of drug-likeness (QED) is 0.795. The smallest absolute Gasteiger partial charge is 0.382 e. The van der Waals surface area contributed by atoms with Crippen LogP contribution in [0.1, 0.15) is 18.9 Å². The highest BCUT2D eigenvalue weighted by molar-refractivity contribution is 5.47. The fourth-order valence-corrected chi connectivity index (χ4v) is 1.49. The summed E-state index contributed by atoms with van der Waals surface area (Å²) in [4.78, 5) is 0. The van der Waals surface area contributed by atoms with Crippen molar-refractivity contribution in [1.82, 2.24) is 0 Å². The zero-order valence-corrected chi connectivity index (χ0v) is 8.31. The molecule has 0 spiro atoms. The minimum absolute atomic E-state index is 0.432. The van der Waals surface area contributed by atoms with E-state index >= 15 is 0 Å². The molecule has 0 bridgehead atoms. The van der Waals surface area contributed by atoms with Gasteiger partial charge < -0.3 is 5.32 Å². The van der Waals surface area contributed by atoms with E-state index in [4.69, 9.17) is 0 Å². The topological polar surface area (TPSA) is 12.0 Å².